The molecule has 0 spiro atoms. The van der Waals surface area contributed by atoms with E-state index >= 15 is 0 Å². The van der Waals surface area contributed by atoms with Crippen LogP contribution in [0.4, 0.5) is 0 Å². The standard InChI is InChI=1S/C9H12N3/c1-7(12-9(10)11)8-5-3-2-4-6-8/h2-7,10H,1H3,(H2,11,12)/t7-/m0/s1. The van der Waals surface area contributed by atoms with Gasteiger partial charge in [0.2, 0.25) is 5.96 Å². The van der Waals surface area contributed by atoms with E-state index in [1.807, 2.05) is 37.3 Å². The van der Waals surface area contributed by atoms with Crippen LogP contribution in [0.2, 0.25) is 0 Å². The van der Waals surface area contributed by atoms with Crippen LogP contribution in [0, 0.1) is 5.41 Å². The minimum absolute atomic E-state index is 0.0381. The first-order valence-electron chi connectivity index (χ1n) is 3.82. The van der Waals surface area contributed by atoms with Gasteiger partial charge < -0.3 is 5.32 Å². The molecule has 12 heavy (non-hydrogen) atoms. The Balaban J connectivity index is 2.65. The van der Waals surface area contributed by atoms with E-state index in [9.17, 15) is 0 Å². The average Bonchev–Trinajstić information content (AvgIpc) is 2.05. The molecule has 1 rings (SSSR count). The summed E-state index contributed by atoms with van der Waals surface area (Å²) in [5.74, 6) is -0.244. The van der Waals surface area contributed by atoms with E-state index < -0.39 is 0 Å². The Hall–Kier alpha value is -1.51. The minimum atomic E-state index is -0.244. The molecule has 0 aliphatic rings. The van der Waals surface area contributed by atoms with E-state index in [1.54, 1.807) is 0 Å². The second-order valence-electron chi connectivity index (χ2n) is 2.65. The van der Waals surface area contributed by atoms with Crippen LogP contribution in [-0.4, -0.2) is 5.96 Å². The van der Waals surface area contributed by atoms with Gasteiger partial charge >= 0.3 is 0 Å². The van der Waals surface area contributed by atoms with Crippen molar-refractivity contribution >= 4 is 5.96 Å². The van der Waals surface area contributed by atoms with Gasteiger partial charge in [0.1, 0.15) is 0 Å². The largest absolute Gasteiger partial charge is 0.349 e. The quantitative estimate of drug-likeness (QED) is 0.503. The van der Waals surface area contributed by atoms with Crippen molar-refractivity contribution in [1.29, 1.82) is 5.41 Å². The lowest BCUT2D eigenvalue weighted by Crippen LogP contribution is -2.26. The van der Waals surface area contributed by atoms with Crippen LogP contribution in [0.5, 0.6) is 0 Å². The molecule has 1 aromatic rings. The molecule has 0 heterocycles. The third kappa shape index (κ3) is 2.27. The van der Waals surface area contributed by atoms with E-state index in [0.717, 1.165) is 5.56 Å². The third-order valence-corrected chi connectivity index (χ3v) is 1.66. The maximum Gasteiger partial charge on any atom is 0.208 e. The summed E-state index contributed by atoms with van der Waals surface area (Å²) in [6.45, 7) is 1.93. The normalized spacial score (nSPS) is 12.1. The number of hydrogen-bond donors (Lipinski definition) is 2. The van der Waals surface area contributed by atoms with E-state index in [4.69, 9.17) is 11.1 Å². The number of guanidine groups is 1. The van der Waals surface area contributed by atoms with Crippen LogP contribution in [0.25, 0.3) is 0 Å². The van der Waals surface area contributed by atoms with Crippen LogP contribution in [0.3, 0.4) is 0 Å². The Morgan fingerprint density at radius 3 is 2.42 bits per heavy atom. The smallest absolute Gasteiger partial charge is 0.208 e. The first-order valence-corrected chi connectivity index (χ1v) is 3.82. The molecule has 0 saturated carbocycles. The lowest BCUT2D eigenvalue weighted by atomic mass is 10.1. The summed E-state index contributed by atoms with van der Waals surface area (Å²) in [5, 5.41) is 9.64. The molecule has 0 bridgehead atoms. The molecular formula is C9H12N3. The van der Waals surface area contributed by atoms with Crippen molar-refractivity contribution in [3.8, 4) is 0 Å². The number of rotatable bonds is 2. The Morgan fingerprint density at radius 2 is 1.92 bits per heavy atom. The molecule has 0 fully saturated rings. The molecular weight excluding hydrogens is 150 g/mol. The first kappa shape index (κ1) is 8.59. The molecule has 0 aliphatic carbocycles. The van der Waals surface area contributed by atoms with Gasteiger partial charge in [-0.2, -0.15) is 0 Å². The molecule has 3 N–H and O–H groups in total. The Bertz CT molecular complexity index is 256. The monoisotopic (exact) mass is 162 g/mol. The average molecular weight is 162 g/mol. The zero-order valence-corrected chi connectivity index (χ0v) is 6.96. The van der Waals surface area contributed by atoms with Crippen molar-refractivity contribution in [2.75, 3.05) is 0 Å². The predicted molar refractivity (Wildman–Crippen MR) is 48.8 cm³/mol. The molecule has 3 nitrogen and oxygen atoms in total. The topological polar surface area (TPSA) is 59.7 Å². The van der Waals surface area contributed by atoms with Crippen molar-refractivity contribution in [2.24, 2.45) is 0 Å². The molecule has 0 aliphatic heterocycles. The predicted octanol–water partition coefficient (Wildman–Crippen LogP) is 1.55. The molecule has 63 valence electrons. The highest BCUT2D eigenvalue weighted by molar-refractivity contribution is 5.73. The molecule has 0 saturated heterocycles. The van der Waals surface area contributed by atoms with Gasteiger partial charge in [0.25, 0.3) is 0 Å². The highest BCUT2D eigenvalue weighted by atomic mass is 15.1. The highest BCUT2D eigenvalue weighted by Crippen LogP contribution is 2.09. The van der Waals surface area contributed by atoms with Crippen molar-refractivity contribution < 1.29 is 0 Å². The lowest BCUT2D eigenvalue weighted by Gasteiger charge is -2.12. The van der Waals surface area contributed by atoms with E-state index in [2.05, 4.69) is 5.32 Å². The van der Waals surface area contributed by atoms with Crippen molar-refractivity contribution in [2.45, 2.75) is 13.0 Å². The Morgan fingerprint density at radius 1 is 1.33 bits per heavy atom. The van der Waals surface area contributed by atoms with Crippen molar-refractivity contribution in [3.63, 3.8) is 0 Å². The summed E-state index contributed by atoms with van der Waals surface area (Å²) >= 11 is 0. The van der Waals surface area contributed by atoms with Gasteiger partial charge in [-0.1, -0.05) is 30.3 Å². The van der Waals surface area contributed by atoms with E-state index in [0.29, 0.717) is 0 Å². The summed E-state index contributed by atoms with van der Waals surface area (Å²) < 4.78 is 0. The zero-order valence-electron chi connectivity index (χ0n) is 6.96. The SMILES string of the molecule is C[C@H](NC([NH])=N)c1ccccc1. The molecule has 0 amide bonds. The van der Waals surface area contributed by atoms with Gasteiger partial charge in [-0.05, 0) is 12.5 Å². The minimum Gasteiger partial charge on any atom is -0.349 e. The van der Waals surface area contributed by atoms with Gasteiger partial charge in [-0.25, -0.2) is 0 Å². The van der Waals surface area contributed by atoms with E-state index in [-0.39, 0.29) is 12.0 Å². The fraction of sp³-hybridized carbons (Fsp3) is 0.222. The van der Waals surface area contributed by atoms with Gasteiger partial charge in [-0.3, -0.25) is 11.1 Å². The summed E-state index contributed by atoms with van der Waals surface area (Å²) in [4.78, 5) is 0. The van der Waals surface area contributed by atoms with Crippen LogP contribution in [0.15, 0.2) is 30.3 Å². The molecule has 0 aromatic heterocycles. The summed E-state index contributed by atoms with van der Waals surface area (Å²) in [7, 11) is 0. The second kappa shape index (κ2) is 3.76. The fourth-order valence-corrected chi connectivity index (χ4v) is 1.04. The summed E-state index contributed by atoms with van der Waals surface area (Å²) in [6.07, 6.45) is 0. The molecule has 1 atom stereocenters. The van der Waals surface area contributed by atoms with Crippen molar-refractivity contribution in [1.82, 2.24) is 11.1 Å². The van der Waals surface area contributed by atoms with Gasteiger partial charge in [0.15, 0.2) is 0 Å². The zero-order chi connectivity index (χ0) is 8.97. The highest BCUT2D eigenvalue weighted by Gasteiger charge is 2.03. The molecule has 0 unspecified atom stereocenters. The van der Waals surface area contributed by atoms with Gasteiger partial charge in [0.05, 0.1) is 6.04 Å². The third-order valence-electron chi connectivity index (χ3n) is 1.66. The van der Waals surface area contributed by atoms with Gasteiger partial charge in [0, 0.05) is 0 Å². The Kier molecular flexibility index (Phi) is 2.69. The van der Waals surface area contributed by atoms with Crippen LogP contribution < -0.4 is 11.1 Å². The summed E-state index contributed by atoms with van der Waals surface area (Å²) in [6, 6.07) is 9.82. The first-order chi connectivity index (χ1) is 5.70. The number of nitrogens with one attached hydrogen (secondary N) is 3. The lowest BCUT2D eigenvalue weighted by molar-refractivity contribution is 0.707. The molecule has 3 heteroatoms. The van der Waals surface area contributed by atoms with Crippen LogP contribution in [-0.2, 0) is 0 Å². The second-order valence-corrected chi connectivity index (χ2v) is 2.65. The number of benzene rings is 1. The Labute approximate surface area is 72.1 Å². The maximum atomic E-state index is 6.93. The fourth-order valence-electron chi connectivity index (χ4n) is 1.04. The van der Waals surface area contributed by atoms with Crippen molar-refractivity contribution in [3.05, 3.63) is 35.9 Å². The molecule has 1 aromatic carbocycles. The van der Waals surface area contributed by atoms with Crippen LogP contribution in [0.1, 0.15) is 18.5 Å². The summed E-state index contributed by atoms with van der Waals surface area (Å²) in [5.41, 5.74) is 8.02. The molecule has 1 radical (unpaired) electrons. The maximum absolute atomic E-state index is 6.93. The number of hydrogen-bond acceptors (Lipinski definition) is 1. The van der Waals surface area contributed by atoms with E-state index in [1.165, 1.54) is 0 Å². The van der Waals surface area contributed by atoms with Crippen LogP contribution >= 0.6 is 0 Å². The van der Waals surface area contributed by atoms with Gasteiger partial charge in [-0.15, -0.1) is 0 Å².